The summed E-state index contributed by atoms with van der Waals surface area (Å²) in [7, 11) is 0. The summed E-state index contributed by atoms with van der Waals surface area (Å²) in [6, 6.07) is 41.6. The molecule has 0 N–H and O–H groups in total. The third-order valence-electron chi connectivity index (χ3n) is 6.78. The molecule has 5 aromatic carbocycles. The first kappa shape index (κ1) is 18.3. The maximum atomic E-state index is 2.44. The van der Waals surface area contributed by atoms with Gasteiger partial charge in [0.1, 0.15) is 0 Å². The highest BCUT2D eigenvalue weighted by Crippen LogP contribution is 2.41. The molecule has 2 aromatic heterocycles. The van der Waals surface area contributed by atoms with Crippen molar-refractivity contribution < 1.29 is 0 Å². The van der Waals surface area contributed by atoms with Crippen molar-refractivity contribution in [3.63, 3.8) is 0 Å². The fourth-order valence-electron chi connectivity index (χ4n) is 5.31. The maximum Gasteiger partial charge on any atom is 0.0788 e. The zero-order chi connectivity index (χ0) is 21.9. The van der Waals surface area contributed by atoms with Gasteiger partial charge in [-0.2, -0.15) is 0 Å². The van der Waals surface area contributed by atoms with Gasteiger partial charge in [0.05, 0.1) is 22.1 Å². The van der Waals surface area contributed by atoms with Crippen molar-refractivity contribution in [3.05, 3.63) is 121 Å². The van der Waals surface area contributed by atoms with Gasteiger partial charge in [-0.25, -0.2) is 0 Å². The van der Waals surface area contributed by atoms with Gasteiger partial charge in [-0.05, 0) is 43.3 Å². The summed E-state index contributed by atoms with van der Waals surface area (Å²) in [6.07, 6.45) is 0. The van der Waals surface area contributed by atoms with E-state index in [0.29, 0.717) is 0 Å². The van der Waals surface area contributed by atoms with E-state index in [2.05, 4.69) is 131 Å². The van der Waals surface area contributed by atoms with Gasteiger partial charge in [0, 0.05) is 32.9 Å². The predicted octanol–water partition coefficient (Wildman–Crippen LogP) is 8.19. The number of hydrogen-bond donors (Lipinski definition) is 0. The monoisotopic (exact) mass is 422 g/mol. The third-order valence-corrected chi connectivity index (χ3v) is 6.78. The van der Waals surface area contributed by atoms with Crippen molar-refractivity contribution in [2.24, 2.45) is 0 Å². The zero-order valence-corrected chi connectivity index (χ0v) is 18.4. The van der Waals surface area contributed by atoms with E-state index in [1.807, 2.05) is 0 Å². The summed E-state index contributed by atoms with van der Waals surface area (Å²) in [5, 5.41) is 5.11. The number of benzene rings is 5. The van der Waals surface area contributed by atoms with Crippen molar-refractivity contribution in [2.75, 3.05) is 0 Å². The normalized spacial score (nSPS) is 11.8. The lowest BCUT2D eigenvalue weighted by Crippen LogP contribution is -1.98. The number of hydrogen-bond acceptors (Lipinski definition) is 0. The lowest BCUT2D eigenvalue weighted by molar-refractivity contribution is 1.15. The van der Waals surface area contributed by atoms with Crippen LogP contribution in [0.3, 0.4) is 0 Å². The molecular formula is C31H22N2. The molecule has 0 aliphatic heterocycles. The second kappa shape index (κ2) is 6.85. The van der Waals surface area contributed by atoms with Gasteiger partial charge in [-0.3, -0.25) is 0 Å². The van der Waals surface area contributed by atoms with Gasteiger partial charge in [-0.15, -0.1) is 0 Å². The molecule has 0 atom stereocenters. The molecule has 0 saturated heterocycles. The minimum absolute atomic E-state index is 1.18. The van der Waals surface area contributed by atoms with Gasteiger partial charge in [-0.1, -0.05) is 84.4 Å². The van der Waals surface area contributed by atoms with Crippen LogP contribution in [0.25, 0.3) is 55.0 Å². The van der Waals surface area contributed by atoms with Crippen LogP contribution in [0, 0.1) is 6.92 Å². The second-order valence-corrected chi connectivity index (χ2v) is 8.73. The van der Waals surface area contributed by atoms with E-state index in [1.165, 1.54) is 60.5 Å². The van der Waals surface area contributed by atoms with E-state index in [0.717, 1.165) is 0 Å². The molecule has 0 saturated carbocycles. The molecule has 2 heteroatoms. The lowest BCUT2D eigenvalue weighted by Gasteiger charge is -2.12. The molecule has 0 aliphatic carbocycles. The van der Waals surface area contributed by atoms with Gasteiger partial charge < -0.3 is 9.13 Å². The fourth-order valence-corrected chi connectivity index (χ4v) is 5.31. The largest absolute Gasteiger partial charge is 0.307 e. The Kier molecular flexibility index (Phi) is 3.80. The first-order valence-corrected chi connectivity index (χ1v) is 11.4. The summed E-state index contributed by atoms with van der Waals surface area (Å²) in [6.45, 7) is 2.14. The van der Waals surface area contributed by atoms with Crippen molar-refractivity contribution >= 4 is 43.6 Å². The highest BCUT2D eigenvalue weighted by atomic mass is 15.0. The average molecular weight is 423 g/mol. The molecule has 0 fully saturated rings. The smallest absolute Gasteiger partial charge is 0.0788 e. The maximum absolute atomic E-state index is 2.44. The standard InChI is InChI=1S/C31H22N2/c1-21-15-17-23(18-16-21)33-29-14-8-6-12-25(29)27-20-19-26-24-11-5-7-13-28(24)32(30(26)31(27)33)22-9-3-2-4-10-22/h2-20H,1H3. The first-order chi connectivity index (χ1) is 16.3. The highest BCUT2D eigenvalue weighted by molar-refractivity contribution is 6.23. The van der Waals surface area contributed by atoms with Gasteiger partial charge in [0.2, 0.25) is 0 Å². The quantitative estimate of drug-likeness (QED) is 0.266. The second-order valence-electron chi connectivity index (χ2n) is 8.73. The van der Waals surface area contributed by atoms with Crippen LogP contribution >= 0.6 is 0 Å². The van der Waals surface area contributed by atoms with E-state index in [1.54, 1.807) is 0 Å². The topological polar surface area (TPSA) is 9.86 Å². The number of fused-ring (bicyclic) bond motifs is 7. The van der Waals surface area contributed by atoms with Crippen LogP contribution in [-0.4, -0.2) is 9.13 Å². The Balaban J connectivity index is 1.78. The van der Waals surface area contributed by atoms with Crippen LogP contribution in [0.2, 0.25) is 0 Å². The molecule has 0 spiro atoms. The molecule has 7 rings (SSSR count). The Hall–Kier alpha value is -4.30. The Bertz CT molecular complexity index is 1800. The molecular weight excluding hydrogens is 400 g/mol. The Labute approximate surface area is 191 Å². The summed E-state index contributed by atoms with van der Waals surface area (Å²) in [5.74, 6) is 0. The van der Waals surface area contributed by atoms with Crippen LogP contribution < -0.4 is 0 Å². The van der Waals surface area contributed by atoms with Crippen LogP contribution in [0.5, 0.6) is 0 Å². The van der Waals surface area contributed by atoms with Crippen LogP contribution in [0.4, 0.5) is 0 Å². The number of rotatable bonds is 2. The molecule has 0 unspecified atom stereocenters. The number of aromatic nitrogens is 2. The van der Waals surface area contributed by atoms with E-state index in [-0.39, 0.29) is 0 Å². The lowest BCUT2D eigenvalue weighted by atomic mass is 10.1. The summed E-state index contributed by atoms with van der Waals surface area (Å²) >= 11 is 0. The summed E-state index contributed by atoms with van der Waals surface area (Å²) < 4.78 is 4.86. The summed E-state index contributed by atoms with van der Waals surface area (Å²) in [4.78, 5) is 0. The van der Waals surface area contributed by atoms with Gasteiger partial charge in [0.25, 0.3) is 0 Å². The molecule has 2 nitrogen and oxygen atoms in total. The molecule has 7 aromatic rings. The minimum Gasteiger partial charge on any atom is -0.307 e. The SMILES string of the molecule is Cc1ccc(-n2c3ccccc3c3ccc4c5ccccc5n(-c5ccccc5)c4c32)cc1. The van der Waals surface area contributed by atoms with Gasteiger partial charge in [0.15, 0.2) is 0 Å². The van der Waals surface area contributed by atoms with Crippen molar-refractivity contribution in [3.8, 4) is 11.4 Å². The Morgan fingerprint density at radius 1 is 0.394 bits per heavy atom. The molecule has 0 aliphatic rings. The van der Waals surface area contributed by atoms with Crippen molar-refractivity contribution in [1.82, 2.24) is 9.13 Å². The van der Waals surface area contributed by atoms with Crippen LogP contribution in [0.1, 0.15) is 5.56 Å². The first-order valence-electron chi connectivity index (χ1n) is 11.4. The molecule has 156 valence electrons. The number of nitrogens with zero attached hydrogens (tertiary/aromatic N) is 2. The van der Waals surface area contributed by atoms with E-state index >= 15 is 0 Å². The third kappa shape index (κ3) is 2.55. The molecule has 2 heterocycles. The molecule has 0 amide bonds. The van der Waals surface area contributed by atoms with E-state index in [4.69, 9.17) is 0 Å². The van der Waals surface area contributed by atoms with E-state index < -0.39 is 0 Å². The average Bonchev–Trinajstić information content (AvgIpc) is 3.38. The van der Waals surface area contributed by atoms with Crippen LogP contribution in [0.15, 0.2) is 115 Å². The molecule has 0 bridgehead atoms. The van der Waals surface area contributed by atoms with Gasteiger partial charge >= 0.3 is 0 Å². The van der Waals surface area contributed by atoms with Crippen molar-refractivity contribution in [1.29, 1.82) is 0 Å². The zero-order valence-electron chi connectivity index (χ0n) is 18.4. The Morgan fingerprint density at radius 2 is 0.848 bits per heavy atom. The van der Waals surface area contributed by atoms with Crippen molar-refractivity contribution in [2.45, 2.75) is 6.92 Å². The predicted molar refractivity (Wildman–Crippen MR) is 140 cm³/mol. The summed E-state index contributed by atoms with van der Waals surface area (Å²) in [5.41, 5.74) is 8.58. The number of aryl methyl sites for hydroxylation is 1. The molecule has 33 heavy (non-hydrogen) atoms. The Morgan fingerprint density at radius 3 is 1.39 bits per heavy atom. The van der Waals surface area contributed by atoms with Crippen LogP contribution in [-0.2, 0) is 0 Å². The highest BCUT2D eigenvalue weighted by Gasteiger charge is 2.20. The fraction of sp³-hybridized carbons (Fsp3) is 0.0323. The van der Waals surface area contributed by atoms with E-state index in [9.17, 15) is 0 Å². The molecule has 0 radical (unpaired) electrons. The number of para-hydroxylation sites is 3. The minimum atomic E-state index is 1.18.